The first-order valence-electron chi connectivity index (χ1n) is 16.9. The monoisotopic (exact) mass is 765 g/mol. The number of hydrogen-bond donors (Lipinski definition) is 8. The van der Waals surface area contributed by atoms with Crippen molar-refractivity contribution >= 4 is 23.5 Å². The van der Waals surface area contributed by atoms with E-state index >= 15 is 0 Å². The van der Waals surface area contributed by atoms with E-state index in [2.05, 4.69) is 5.32 Å². The van der Waals surface area contributed by atoms with Gasteiger partial charge in [0.15, 0.2) is 48.9 Å². The van der Waals surface area contributed by atoms with Crippen molar-refractivity contribution in [3.05, 3.63) is 64.6 Å². The summed E-state index contributed by atoms with van der Waals surface area (Å²) >= 11 is 0. The number of carbonyl (C=O) groups is 4. The molecule has 0 spiro atoms. The maximum atomic E-state index is 13.8. The van der Waals surface area contributed by atoms with Gasteiger partial charge in [0.25, 0.3) is 0 Å². The molecular weight excluding hydrogens is 722 g/mol. The minimum atomic E-state index is -1.77. The van der Waals surface area contributed by atoms with Gasteiger partial charge in [0.1, 0.15) is 36.2 Å². The highest BCUT2D eigenvalue weighted by molar-refractivity contribution is 6.19. The fourth-order valence-electron chi connectivity index (χ4n) is 6.70. The molecule has 0 aromatic heterocycles. The molecule has 296 valence electrons. The number of rotatable bonds is 14. The summed E-state index contributed by atoms with van der Waals surface area (Å²) in [4.78, 5) is 52.6. The van der Waals surface area contributed by atoms with Gasteiger partial charge in [-0.05, 0) is 45.1 Å². The number of carboxylic acids is 1. The second-order valence-electron chi connectivity index (χ2n) is 13.1. The fourth-order valence-corrected chi connectivity index (χ4v) is 6.70. The Morgan fingerprint density at radius 2 is 1.67 bits per heavy atom. The minimum Gasteiger partial charge on any atom is -0.510 e. The molecular formula is C35H43NO18. The lowest BCUT2D eigenvalue weighted by atomic mass is 9.71. The number of carbonyl (C=O) groups excluding carboxylic acids is 3. The second kappa shape index (κ2) is 17.0. The van der Waals surface area contributed by atoms with Crippen molar-refractivity contribution in [2.75, 3.05) is 20.3 Å². The highest BCUT2D eigenvalue weighted by atomic mass is 16.7. The van der Waals surface area contributed by atoms with Crippen molar-refractivity contribution in [1.29, 1.82) is 0 Å². The van der Waals surface area contributed by atoms with Crippen LogP contribution in [0.4, 0.5) is 0 Å². The van der Waals surface area contributed by atoms with Gasteiger partial charge in [-0.3, -0.25) is 14.9 Å². The zero-order chi connectivity index (χ0) is 39.6. The number of benzene rings is 1. The third-order valence-corrected chi connectivity index (χ3v) is 9.07. The fraction of sp³-hybridized carbons (Fsp3) is 0.543. The number of hydrogen-bond acceptors (Lipinski definition) is 18. The Labute approximate surface area is 307 Å². The molecule has 4 aliphatic rings. The average Bonchev–Trinajstić information content (AvgIpc) is 3.10. The number of carboxylic acid groups (broad SMARTS) is 1. The quantitative estimate of drug-likeness (QED) is 0.0854. The zero-order valence-electron chi connectivity index (χ0n) is 29.5. The summed E-state index contributed by atoms with van der Waals surface area (Å²) in [5.74, 6) is -7.91. The van der Waals surface area contributed by atoms with Gasteiger partial charge in [0.05, 0.1) is 41.7 Å². The van der Waals surface area contributed by atoms with Crippen LogP contribution < -0.4 is 10.1 Å². The molecule has 1 aromatic carbocycles. The Hall–Kier alpha value is -4.28. The van der Waals surface area contributed by atoms with Crippen molar-refractivity contribution in [3.63, 3.8) is 0 Å². The molecule has 54 heavy (non-hydrogen) atoms. The zero-order valence-corrected chi connectivity index (χ0v) is 29.5. The smallest absolute Gasteiger partial charge is 0.338 e. The van der Waals surface area contributed by atoms with Crippen molar-refractivity contribution in [2.24, 2.45) is 17.8 Å². The van der Waals surface area contributed by atoms with Crippen LogP contribution in [0.25, 0.3) is 0 Å². The lowest BCUT2D eigenvalue weighted by Gasteiger charge is -2.45. The largest absolute Gasteiger partial charge is 0.510 e. The second-order valence-corrected chi connectivity index (χ2v) is 13.1. The Balaban J connectivity index is 1.37. The van der Waals surface area contributed by atoms with E-state index < -0.39 is 122 Å². The van der Waals surface area contributed by atoms with Crippen LogP contribution >= 0.6 is 0 Å². The molecule has 2 aliphatic carbocycles. The predicted octanol–water partition coefficient (Wildman–Crippen LogP) is -0.746. The van der Waals surface area contributed by atoms with Crippen LogP contribution in [0.5, 0.6) is 5.75 Å². The third kappa shape index (κ3) is 8.65. The number of esters is 1. The summed E-state index contributed by atoms with van der Waals surface area (Å²) < 4.78 is 38.5. The summed E-state index contributed by atoms with van der Waals surface area (Å²) in [6.45, 7) is 2.86. The number of aliphatic hydroxyl groups excluding tert-OH is 6. The van der Waals surface area contributed by atoms with E-state index in [1.807, 2.05) is 0 Å². The molecule has 0 amide bonds. The summed E-state index contributed by atoms with van der Waals surface area (Å²) in [6, 6.07) is 1.25. The van der Waals surface area contributed by atoms with Crippen molar-refractivity contribution in [2.45, 2.75) is 82.6 Å². The van der Waals surface area contributed by atoms with E-state index in [1.165, 1.54) is 46.1 Å². The van der Waals surface area contributed by atoms with E-state index in [-0.39, 0.29) is 28.2 Å². The number of Topliss-reactive ketones (excluding diaryl/α,β-unsaturated/α-hetero) is 2. The molecule has 13 atom stereocenters. The third-order valence-electron chi connectivity index (χ3n) is 9.07. The molecule has 1 aromatic rings. The first-order valence-corrected chi connectivity index (χ1v) is 16.9. The Morgan fingerprint density at radius 1 is 0.963 bits per heavy atom. The van der Waals surface area contributed by atoms with Crippen LogP contribution in [-0.2, 0) is 33.2 Å². The molecule has 2 aliphatic heterocycles. The number of fused-ring (bicyclic) bond motifs is 2. The van der Waals surface area contributed by atoms with E-state index in [9.17, 15) is 54.9 Å². The van der Waals surface area contributed by atoms with Gasteiger partial charge in [-0.2, -0.15) is 0 Å². The van der Waals surface area contributed by atoms with Crippen LogP contribution in [0.15, 0.2) is 48.0 Å². The van der Waals surface area contributed by atoms with Gasteiger partial charge in [-0.15, -0.1) is 0 Å². The summed E-state index contributed by atoms with van der Waals surface area (Å²) in [5.41, 5.74) is -0.663. The molecule has 0 bridgehead atoms. The maximum Gasteiger partial charge on any atom is 0.338 e. The summed E-state index contributed by atoms with van der Waals surface area (Å²) in [7, 11) is 1.27. The van der Waals surface area contributed by atoms with E-state index in [0.29, 0.717) is 0 Å². The molecule has 8 N–H and O–H groups in total. The van der Waals surface area contributed by atoms with Gasteiger partial charge in [-0.25, -0.2) is 9.59 Å². The van der Waals surface area contributed by atoms with Crippen molar-refractivity contribution < 1.29 is 88.1 Å². The average molecular weight is 766 g/mol. The lowest BCUT2D eigenvalue weighted by molar-refractivity contribution is -0.274. The summed E-state index contributed by atoms with van der Waals surface area (Å²) in [6.07, 6.45) is -7.87. The Kier molecular flexibility index (Phi) is 12.9. The van der Waals surface area contributed by atoms with Crippen LogP contribution in [0.1, 0.15) is 51.8 Å². The number of ketones is 2. The van der Waals surface area contributed by atoms with Crippen LogP contribution in [0, 0.1) is 17.8 Å². The minimum absolute atomic E-state index is 0.0462. The molecule has 19 heteroatoms. The summed E-state index contributed by atoms with van der Waals surface area (Å²) in [5, 5.41) is 73.9. The molecule has 1 fully saturated rings. The van der Waals surface area contributed by atoms with Crippen LogP contribution in [0.3, 0.4) is 0 Å². The maximum absolute atomic E-state index is 13.8. The van der Waals surface area contributed by atoms with E-state index in [0.717, 1.165) is 18.2 Å². The van der Waals surface area contributed by atoms with Crippen molar-refractivity contribution in [3.8, 4) is 5.75 Å². The number of aliphatic carboxylic acids is 1. The number of aliphatic hydroxyl groups is 6. The van der Waals surface area contributed by atoms with Gasteiger partial charge in [0, 0.05) is 18.6 Å². The topological polar surface area (TPSA) is 287 Å². The SMILES string of the molecule is COC1OC(COC(=O)c2cc(OC(C)O)c3c(c2)C(=O)C2C=CC=C(OC(C)O)C2C3=O)C(O)C(COC2OC(C(=O)O)C=C(O)C2O)C1NC(C)O. The molecule has 2 heterocycles. The Morgan fingerprint density at radius 3 is 2.30 bits per heavy atom. The molecule has 0 radical (unpaired) electrons. The Bertz CT molecular complexity index is 1690. The van der Waals surface area contributed by atoms with Gasteiger partial charge >= 0.3 is 11.9 Å². The first-order chi connectivity index (χ1) is 25.5. The van der Waals surface area contributed by atoms with E-state index in [1.54, 1.807) is 0 Å². The van der Waals surface area contributed by atoms with Gasteiger partial charge in [0.2, 0.25) is 0 Å². The van der Waals surface area contributed by atoms with Gasteiger partial charge in [-0.1, -0.05) is 12.2 Å². The number of nitrogens with one attached hydrogen (secondary N) is 1. The molecule has 1 saturated heterocycles. The molecule has 0 saturated carbocycles. The predicted molar refractivity (Wildman–Crippen MR) is 177 cm³/mol. The molecule has 5 rings (SSSR count). The first kappa shape index (κ1) is 40.9. The number of ether oxygens (including phenoxy) is 7. The van der Waals surface area contributed by atoms with E-state index in [4.69, 9.17) is 33.2 Å². The van der Waals surface area contributed by atoms with Crippen LogP contribution in [0.2, 0.25) is 0 Å². The lowest BCUT2D eigenvalue weighted by Crippen LogP contribution is -2.63. The molecule has 19 nitrogen and oxygen atoms in total. The normalized spacial score (nSPS) is 32.3. The van der Waals surface area contributed by atoms with Gasteiger partial charge < -0.3 is 68.9 Å². The van der Waals surface area contributed by atoms with Crippen LogP contribution in [-0.4, -0.2) is 141 Å². The number of methoxy groups -OCH3 is 1. The van der Waals surface area contributed by atoms with Crippen molar-refractivity contribution in [1.82, 2.24) is 5.32 Å². The number of allylic oxidation sites excluding steroid dienone is 4. The highest BCUT2D eigenvalue weighted by Gasteiger charge is 2.49. The molecule has 13 unspecified atom stereocenters. The standard InChI is InChI=1S/C35H43NO18/c1-13(37)36-27-19(11-50-35-30(43)20(40)10-23(53-35)32(45)46)29(42)24(54-34(27)48-4)12-49-33(47)16-8-18-26(22(9-16)52-15(3)39)31(44)25-17(28(18)41)6-5-7-21(25)51-14(2)38/h5-10,13-15,17,19,23-25,27,29-30,34-40,42-43H,11-12H2,1-4H3,(H,45,46). The highest BCUT2D eigenvalue weighted by Crippen LogP contribution is 2.42.